The summed E-state index contributed by atoms with van der Waals surface area (Å²) in [5.74, 6) is 1.49. The Balaban J connectivity index is 0.916. The van der Waals surface area contributed by atoms with Crippen molar-refractivity contribution in [3.05, 3.63) is 357 Å². The van der Waals surface area contributed by atoms with Gasteiger partial charge in [-0.3, -0.25) is 0 Å². The van der Waals surface area contributed by atoms with Crippen molar-refractivity contribution in [2.45, 2.75) is 76.0 Å². The third-order valence-corrected chi connectivity index (χ3v) is 25.0. The Kier molecular flexibility index (Phi) is 15.9. The Labute approximate surface area is 648 Å². The smallest absolute Gasteiger partial charge is 0.252 e. The van der Waals surface area contributed by atoms with Gasteiger partial charge < -0.3 is 9.13 Å². The zero-order valence-electron chi connectivity index (χ0n) is 62.0. The van der Waals surface area contributed by atoms with E-state index in [4.69, 9.17) is 9.97 Å². The molecule has 0 amide bonds. The fourth-order valence-corrected chi connectivity index (χ4v) is 19.9. The minimum Gasteiger partial charge on any atom is -0.310 e. The highest BCUT2D eigenvalue weighted by Crippen LogP contribution is 2.52. The van der Waals surface area contributed by atoms with Crippen LogP contribution in [0.5, 0.6) is 0 Å². The maximum atomic E-state index is 6.11. The minimum atomic E-state index is -0.128. The van der Waals surface area contributed by atoms with E-state index in [9.17, 15) is 0 Å². The molecule has 4 nitrogen and oxygen atoms in total. The molecular formula is C106H79BN4. The summed E-state index contributed by atoms with van der Waals surface area (Å²) in [4.78, 5) is 12.0. The highest BCUT2D eigenvalue weighted by Gasteiger charge is 2.44. The summed E-state index contributed by atoms with van der Waals surface area (Å²) < 4.78 is 5.54. The van der Waals surface area contributed by atoms with Gasteiger partial charge in [-0.05, 0) is 233 Å². The van der Waals surface area contributed by atoms with Gasteiger partial charge in [-0.1, -0.05) is 305 Å². The van der Waals surface area contributed by atoms with E-state index < -0.39 is 0 Å². The standard InChI is InChI=1S/C106H79BN4/c1-11-31-68(32-12-1)78-55-79(69-33-13-2-14-34-69)58-84(57-78)93-67-94(109-106(108-93)86-59-80(70-35-15-3-16-36-70)56-81(60-86)71-37-17-4-18-38-71)85-65-97-103-98(66-85)111-96-64-83(73-41-21-6-22-42-73)62-90(77-49-29-10-30-50-77)100(96)102-88(75-45-25-8-26-46-75)52-54-92(105(102)111)107(103)91-53-51-87(74-43-23-7-24-44-74)101-99-89(76-47-27-9-28-48-76)61-82(72-39-19-5-20-40-72)63-95(99)110(97)104(91)101/h1-6,9-22,27-42,47-67,74-75H,7-8,23-26,43-46H2. The predicted octanol–water partition coefficient (Wildman–Crippen LogP) is 26.2. The summed E-state index contributed by atoms with van der Waals surface area (Å²) in [7, 11) is 0. The van der Waals surface area contributed by atoms with Crippen LogP contribution in [-0.2, 0) is 0 Å². The molecule has 22 rings (SSSR count). The first-order chi connectivity index (χ1) is 55.0. The van der Waals surface area contributed by atoms with Crippen molar-refractivity contribution in [1.29, 1.82) is 0 Å². The van der Waals surface area contributed by atoms with Gasteiger partial charge in [0.15, 0.2) is 5.82 Å². The van der Waals surface area contributed by atoms with Crippen molar-refractivity contribution in [1.82, 2.24) is 19.1 Å². The zero-order chi connectivity index (χ0) is 73.0. The van der Waals surface area contributed by atoms with Crippen molar-refractivity contribution >= 4 is 66.7 Å². The van der Waals surface area contributed by atoms with E-state index in [1.165, 1.54) is 191 Å². The second-order valence-corrected chi connectivity index (χ2v) is 31.5. The number of aromatic nitrogens is 4. The molecule has 0 radical (unpaired) electrons. The highest BCUT2D eigenvalue weighted by molar-refractivity contribution is 7.00. The maximum Gasteiger partial charge on any atom is 0.252 e. The minimum absolute atomic E-state index is 0.128. The van der Waals surface area contributed by atoms with E-state index in [0.29, 0.717) is 17.7 Å². The zero-order valence-corrected chi connectivity index (χ0v) is 62.0. The first-order valence-corrected chi connectivity index (χ1v) is 40.2. The number of benzene rings is 15. The molecule has 3 aromatic heterocycles. The van der Waals surface area contributed by atoms with Crippen LogP contribution in [-0.4, -0.2) is 25.8 Å². The number of fused-ring (bicyclic) bond motifs is 10. The number of hydrogen-bond donors (Lipinski definition) is 0. The molecule has 0 bridgehead atoms. The first-order valence-electron chi connectivity index (χ1n) is 40.2. The molecule has 0 spiro atoms. The average molecular weight is 1420 g/mol. The molecule has 2 aliphatic carbocycles. The first kappa shape index (κ1) is 65.2. The lowest BCUT2D eigenvalue weighted by Gasteiger charge is -2.35. The van der Waals surface area contributed by atoms with Crippen LogP contribution in [0.15, 0.2) is 346 Å². The third kappa shape index (κ3) is 11.1. The van der Waals surface area contributed by atoms with E-state index in [2.05, 4.69) is 355 Å². The predicted molar refractivity (Wildman–Crippen MR) is 467 cm³/mol. The van der Waals surface area contributed by atoms with E-state index in [1.807, 2.05) is 0 Å². The fourth-order valence-electron chi connectivity index (χ4n) is 19.9. The van der Waals surface area contributed by atoms with Gasteiger partial charge in [0.2, 0.25) is 0 Å². The van der Waals surface area contributed by atoms with Gasteiger partial charge in [-0.25, -0.2) is 9.97 Å². The summed E-state index contributed by atoms with van der Waals surface area (Å²) in [5, 5.41) is 5.45. The summed E-state index contributed by atoms with van der Waals surface area (Å²) in [5.41, 5.74) is 37.8. The van der Waals surface area contributed by atoms with Crippen LogP contribution >= 0.6 is 0 Å². The Morgan fingerprint density at radius 1 is 0.243 bits per heavy atom. The van der Waals surface area contributed by atoms with Gasteiger partial charge in [-0.15, -0.1) is 0 Å². The lowest BCUT2D eigenvalue weighted by molar-refractivity contribution is 0.445. The topological polar surface area (TPSA) is 35.6 Å². The summed E-state index contributed by atoms with van der Waals surface area (Å²) in [6, 6.07) is 130. The van der Waals surface area contributed by atoms with Crippen molar-refractivity contribution in [2.75, 3.05) is 0 Å². The monoisotopic (exact) mass is 1420 g/mol. The van der Waals surface area contributed by atoms with E-state index >= 15 is 0 Å². The van der Waals surface area contributed by atoms with Crippen molar-refractivity contribution in [2.24, 2.45) is 0 Å². The Hall–Kier alpha value is -13.0. The second-order valence-electron chi connectivity index (χ2n) is 31.5. The SMILES string of the molecule is c1ccc(-c2cc(-c3ccccc3)cc(-c3cc(-c4cc5c6c(c4)-n4c7cc(-c8ccccc8)cc(-c8ccccc8)c7c7c(C8CCCCC8)ccc(c74)B6c4ccc(C6CCCCC6)c6c7c(-c8ccccc8)cc(-c8ccccc8)cc7n-5c46)nc(-c4cc(-c5ccccc5)cc(-c5ccccc5)c4)n3)c2)cc1. The van der Waals surface area contributed by atoms with Gasteiger partial charge in [0, 0.05) is 60.6 Å². The maximum absolute atomic E-state index is 6.11. The third-order valence-electron chi connectivity index (χ3n) is 25.0. The Morgan fingerprint density at radius 3 is 0.883 bits per heavy atom. The van der Waals surface area contributed by atoms with E-state index in [1.54, 1.807) is 0 Å². The molecule has 4 aliphatic rings. The van der Waals surface area contributed by atoms with Gasteiger partial charge in [-0.2, -0.15) is 0 Å². The largest absolute Gasteiger partial charge is 0.310 e. The van der Waals surface area contributed by atoms with Gasteiger partial charge in [0.25, 0.3) is 6.71 Å². The quantitative estimate of drug-likeness (QED) is 0.108. The molecule has 0 unspecified atom stereocenters. The lowest BCUT2D eigenvalue weighted by Crippen LogP contribution is -2.59. The average Bonchev–Trinajstić information content (AvgIpc) is 1.52. The van der Waals surface area contributed by atoms with Gasteiger partial charge >= 0.3 is 0 Å². The summed E-state index contributed by atoms with van der Waals surface area (Å²) in [6.07, 6.45) is 12.2. The molecule has 2 aliphatic heterocycles. The molecule has 0 N–H and O–H groups in total. The Morgan fingerprint density at radius 2 is 0.541 bits per heavy atom. The van der Waals surface area contributed by atoms with Crippen molar-refractivity contribution < 1.29 is 0 Å². The van der Waals surface area contributed by atoms with Gasteiger partial charge in [0.05, 0.1) is 22.4 Å². The molecule has 0 atom stereocenters. The van der Waals surface area contributed by atoms with Crippen LogP contribution < -0.4 is 16.4 Å². The summed E-state index contributed by atoms with van der Waals surface area (Å²) >= 11 is 0. The molecule has 0 saturated heterocycles. The molecule has 5 heteroatoms. The van der Waals surface area contributed by atoms with Crippen LogP contribution in [0.25, 0.3) is 178 Å². The molecule has 2 saturated carbocycles. The van der Waals surface area contributed by atoms with Crippen LogP contribution in [0, 0.1) is 0 Å². The molecule has 5 heterocycles. The number of hydrogen-bond acceptors (Lipinski definition) is 2. The molecule has 2 fully saturated rings. The fraction of sp³-hybridized carbons (Fsp3) is 0.113. The van der Waals surface area contributed by atoms with E-state index in [0.717, 1.165) is 72.6 Å². The number of nitrogens with zero attached hydrogens (tertiary/aromatic N) is 4. The lowest BCUT2D eigenvalue weighted by atomic mass is 9.34. The van der Waals surface area contributed by atoms with Gasteiger partial charge in [0.1, 0.15) is 0 Å². The van der Waals surface area contributed by atoms with Crippen LogP contribution in [0.1, 0.15) is 87.2 Å². The van der Waals surface area contributed by atoms with Crippen LogP contribution in [0.4, 0.5) is 0 Å². The van der Waals surface area contributed by atoms with E-state index in [-0.39, 0.29) is 6.71 Å². The van der Waals surface area contributed by atoms with Crippen LogP contribution in [0.2, 0.25) is 0 Å². The summed E-state index contributed by atoms with van der Waals surface area (Å²) in [6.45, 7) is -0.128. The second kappa shape index (κ2) is 27.0. The molecule has 111 heavy (non-hydrogen) atoms. The van der Waals surface area contributed by atoms with Crippen LogP contribution in [0.3, 0.4) is 0 Å². The molecule has 15 aromatic carbocycles. The van der Waals surface area contributed by atoms with Crippen molar-refractivity contribution in [3.8, 4) is 134 Å². The Bertz CT molecular complexity index is 6150. The molecule has 526 valence electrons. The highest BCUT2D eigenvalue weighted by atomic mass is 15.0. The normalized spacial score (nSPS) is 14.0. The number of rotatable bonds is 13. The molecule has 18 aromatic rings. The van der Waals surface area contributed by atoms with Crippen molar-refractivity contribution in [3.63, 3.8) is 0 Å². The molecular weight excluding hydrogens is 1340 g/mol.